The second-order valence-corrected chi connectivity index (χ2v) is 7.38. The average Bonchev–Trinajstić information content (AvgIpc) is 3.07. The Morgan fingerprint density at radius 2 is 2.00 bits per heavy atom. The van der Waals surface area contributed by atoms with E-state index in [2.05, 4.69) is 34.7 Å². The van der Waals surface area contributed by atoms with E-state index >= 15 is 0 Å². The topological polar surface area (TPSA) is 99.0 Å². The first-order chi connectivity index (χ1) is 13.0. The molecule has 0 aliphatic rings. The maximum Gasteiger partial charge on any atom is 0.338 e. The van der Waals surface area contributed by atoms with Crippen LogP contribution in [-0.2, 0) is 16.1 Å². The monoisotopic (exact) mass is 391 g/mol. The summed E-state index contributed by atoms with van der Waals surface area (Å²) in [5, 5.41) is 14.9. The molecule has 1 amide bonds. The number of rotatable bonds is 10. The van der Waals surface area contributed by atoms with Crippen molar-refractivity contribution in [2.24, 2.45) is 5.92 Å². The van der Waals surface area contributed by atoms with Crippen LogP contribution in [0.5, 0.6) is 0 Å². The van der Waals surface area contributed by atoms with Gasteiger partial charge >= 0.3 is 5.97 Å². The Labute approximate surface area is 163 Å². The molecule has 0 saturated heterocycles. The summed E-state index contributed by atoms with van der Waals surface area (Å²) in [7, 11) is 0. The van der Waals surface area contributed by atoms with Crippen LogP contribution >= 0.6 is 11.8 Å². The molecule has 1 N–H and O–H groups in total. The number of thioether (sulfide) groups is 1. The van der Waals surface area contributed by atoms with E-state index in [0.717, 1.165) is 12.8 Å². The highest BCUT2D eigenvalue weighted by atomic mass is 32.2. The van der Waals surface area contributed by atoms with Crippen LogP contribution in [0.1, 0.15) is 44.0 Å². The quantitative estimate of drug-likeness (QED) is 0.377. The molecule has 9 heteroatoms. The zero-order chi connectivity index (χ0) is 19.6. The minimum atomic E-state index is -0.353. The van der Waals surface area contributed by atoms with Crippen LogP contribution < -0.4 is 5.32 Å². The third-order valence-corrected chi connectivity index (χ3v) is 4.46. The third kappa shape index (κ3) is 7.01. The number of anilines is 1. The maximum atomic E-state index is 12.1. The van der Waals surface area contributed by atoms with Crippen LogP contribution in [0.15, 0.2) is 29.4 Å². The molecule has 146 valence electrons. The summed E-state index contributed by atoms with van der Waals surface area (Å²) in [4.78, 5) is 24.0. The normalized spacial score (nSPS) is 10.8. The first kappa shape index (κ1) is 20.9. The molecule has 27 heavy (non-hydrogen) atoms. The Hall–Kier alpha value is -2.42. The molecule has 1 aromatic carbocycles. The summed E-state index contributed by atoms with van der Waals surface area (Å²) in [5.41, 5.74) is 1.08. The van der Waals surface area contributed by atoms with Crippen molar-refractivity contribution in [1.82, 2.24) is 20.2 Å². The number of carbonyl (C=O) groups excluding carboxylic acids is 2. The van der Waals surface area contributed by atoms with Gasteiger partial charge in [0.25, 0.3) is 0 Å². The number of hydrogen-bond acceptors (Lipinski definition) is 7. The van der Waals surface area contributed by atoms with E-state index in [1.54, 1.807) is 28.9 Å². The molecule has 0 fully saturated rings. The second-order valence-electron chi connectivity index (χ2n) is 6.44. The lowest BCUT2D eigenvalue weighted by Gasteiger charge is -2.08. The molecule has 8 nitrogen and oxygen atoms in total. The van der Waals surface area contributed by atoms with Crippen molar-refractivity contribution in [2.75, 3.05) is 17.7 Å². The fraction of sp³-hybridized carbons (Fsp3) is 0.500. The van der Waals surface area contributed by atoms with E-state index in [1.165, 1.54) is 11.8 Å². The average molecular weight is 391 g/mol. The Balaban J connectivity index is 1.82. The number of benzene rings is 1. The number of unbranched alkanes of at least 4 members (excludes halogenated alkanes) is 1. The molecule has 1 aromatic heterocycles. The first-order valence-electron chi connectivity index (χ1n) is 8.95. The largest absolute Gasteiger partial charge is 0.462 e. The van der Waals surface area contributed by atoms with Gasteiger partial charge in [0.15, 0.2) is 0 Å². The number of carbonyl (C=O) groups is 2. The van der Waals surface area contributed by atoms with Gasteiger partial charge in [-0.25, -0.2) is 9.48 Å². The summed E-state index contributed by atoms with van der Waals surface area (Å²) >= 11 is 1.28. The molecule has 0 saturated carbocycles. The van der Waals surface area contributed by atoms with Crippen molar-refractivity contribution in [3.63, 3.8) is 0 Å². The van der Waals surface area contributed by atoms with Crippen LogP contribution in [0.3, 0.4) is 0 Å². The number of aromatic nitrogens is 4. The number of amides is 1. The molecule has 0 aliphatic heterocycles. The summed E-state index contributed by atoms with van der Waals surface area (Å²) in [5.74, 6) is 0.0827. The van der Waals surface area contributed by atoms with Crippen molar-refractivity contribution >= 4 is 29.3 Å². The minimum absolute atomic E-state index is 0.169. The summed E-state index contributed by atoms with van der Waals surface area (Å²) < 4.78 is 6.85. The summed E-state index contributed by atoms with van der Waals surface area (Å²) in [6.07, 6.45) is 1.82. The van der Waals surface area contributed by atoms with E-state index in [-0.39, 0.29) is 17.6 Å². The van der Waals surface area contributed by atoms with Gasteiger partial charge in [-0.1, -0.05) is 39.0 Å². The fourth-order valence-corrected chi connectivity index (χ4v) is 2.86. The van der Waals surface area contributed by atoms with Crippen LogP contribution in [0.25, 0.3) is 0 Å². The lowest BCUT2D eigenvalue weighted by atomic mass is 10.2. The van der Waals surface area contributed by atoms with Gasteiger partial charge < -0.3 is 10.1 Å². The molecule has 0 bridgehead atoms. The van der Waals surface area contributed by atoms with Crippen LogP contribution in [-0.4, -0.2) is 44.4 Å². The molecule has 0 aliphatic carbocycles. The van der Waals surface area contributed by atoms with E-state index in [0.29, 0.717) is 35.5 Å². The zero-order valence-electron chi connectivity index (χ0n) is 15.8. The highest BCUT2D eigenvalue weighted by Crippen LogP contribution is 2.16. The van der Waals surface area contributed by atoms with Gasteiger partial charge in [0.05, 0.1) is 17.9 Å². The van der Waals surface area contributed by atoms with E-state index < -0.39 is 0 Å². The Kier molecular flexibility index (Phi) is 8.25. The molecule has 0 unspecified atom stereocenters. The van der Waals surface area contributed by atoms with E-state index in [4.69, 9.17) is 4.74 Å². The van der Waals surface area contributed by atoms with Crippen molar-refractivity contribution in [3.05, 3.63) is 29.8 Å². The highest BCUT2D eigenvalue weighted by Gasteiger charge is 2.12. The van der Waals surface area contributed by atoms with Crippen molar-refractivity contribution < 1.29 is 14.3 Å². The Bertz CT molecular complexity index is 746. The minimum Gasteiger partial charge on any atom is -0.462 e. The first-order valence-corrected chi connectivity index (χ1v) is 9.94. The summed E-state index contributed by atoms with van der Waals surface area (Å²) in [6.45, 7) is 7.31. The molecule has 0 atom stereocenters. The molecule has 1 heterocycles. The number of hydrogen-bond donors (Lipinski definition) is 1. The summed E-state index contributed by atoms with van der Waals surface area (Å²) in [6, 6.07) is 6.64. The predicted molar refractivity (Wildman–Crippen MR) is 104 cm³/mol. The predicted octanol–water partition coefficient (Wildman–Crippen LogP) is 3.02. The van der Waals surface area contributed by atoms with Gasteiger partial charge in [0, 0.05) is 12.2 Å². The van der Waals surface area contributed by atoms with Crippen LogP contribution in [0.2, 0.25) is 0 Å². The van der Waals surface area contributed by atoms with Crippen LogP contribution in [0.4, 0.5) is 5.69 Å². The van der Waals surface area contributed by atoms with Gasteiger partial charge in [-0.2, -0.15) is 0 Å². The highest BCUT2D eigenvalue weighted by molar-refractivity contribution is 7.99. The number of nitrogens with zero attached hydrogens (tertiary/aromatic N) is 4. The molecule has 0 radical (unpaired) electrons. The van der Waals surface area contributed by atoms with Gasteiger partial charge in [-0.15, -0.1) is 5.10 Å². The molecular formula is C18H25N5O3S. The van der Waals surface area contributed by atoms with Crippen molar-refractivity contribution in [2.45, 2.75) is 45.3 Å². The number of esters is 1. The van der Waals surface area contributed by atoms with E-state index in [9.17, 15) is 9.59 Å². The smallest absolute Gasteiger partial charge is 0.338 e. The maximum absolute atomic E-state index is 12.1. The standard InChI is InChI=1S/C18H25N5O3S/c1-4-5-10-26-17(25)14-6-8-15(9-7-14)19-16(24)12-27-18-20-21-22-23(18)11-13(2)3/h6-9,13H,4-5,10-12H2,1-3H3,(H,19,24). The van der Waals surface area contributed by atoms with Gasteiger partial charge in [-0.3, -0.25) is 4.79 Å². The van der Waals surface area contributed by atoms with Crippen molar-refractivity contribution in [1.29, 1.82) is 0 Å². The number of tetrazole rings is 1. The third-order valence-electron chi connectivity index (χ3n) is 3.50. The van der Waals surface area contributed by atoms with Gasteiger partial charge in [0.1, 0.15) is 0 Å². The SMILES string of the molecule is CCCCOC(=O)c1ccc(NC(=O)CSc2nnnn2CC(C)C)cc1. The van der Waals surface area contributed by atoms with Gasteiger partial charge in [-0.05, 0) is 47.0 Å². The molecule has 2 aromatic rings. The molecular weight excluding hydrogens is 366 g/mol. The number of ether oxygens (including phenoxy) is 1. The Morgan fingerprint density at radius 1 is 1.26 bits per heavy atom. The molecule has 0 spiro atoms. The number of nitrogens with one attached hydrogen (secondary N) is 1. The molecule has 2 rings (SSSR count). The van der Waals surface area contributed by atoms with Crippen molar-refractivity contribution in [3.8, 4) is 0 Å². The zero-order valence-corrected chi connectivity index (χ0v) is 16.7. The fourth-order valence-electron chi connectivity index (χ4n) is 2.17. The van der Waals surface area contributed by atoms with Gasteiger partial charge in [0.2, 0.25) is 11.1 Å². The lowest BCUT2D eigenvalue weighted by Crippen LogP contribution is -2.15. The lowest BCUT2D eigenvalue weighted by molar-refractivity contribution is -0.113. The van der Waals surface area contributed by atoms with Crippen LogP contribution in [0, 0.1) is 5.92 Å². The Morgan fingerprint density at radius 3 is 2.67 bits per heavy atom. The van der Waals surface area contributed by atoms with E-state index in [1.807, 2.05) is 6.92 Å². The second kappa shape index (κ2) is 10.7.